The molecule has 1 heterocycles. The van der Waals surface area contributed by atoms with Crippen LogP contribution in [0.25, 0.3) is 0 Å². The van der Waals surface area contributed by atoms with Crippen molar-refractivity contribution in [3.05, 3.63) is 0 Å². The number of alkyl halides is 1. The average Bonchev–Trinajstić information content (AvgIpc) is 1.81. The molecule has 1 rings (SSSR count). The Hall–Kier alpha value is -0.780. The zero-order valence-corrected chi connectivity index (χ0v) is 5.39. The molecule has 9 heavy (non-hydrogen) atoms. The summed E-state index contributed by atoms with van der Waals surface area (Å²) in [6.07, 6.45) is 2.40. The van der Waals surface area contributed by atoms with Crippen molar-refractivity contribution in [1.82, 2.24) is 4.90 Å². The van der Waals surface area contributed by atoms with Crippen molar-refractivity contribution >= 4 is 0 Å². The van der Waals surface area contributed by atoms with E-state index in [0.29, 0.717) is 19.5 Å². The number of nitriles is 1. The Morgan fingerprint density at radius 3 is 2.67 bits per heavy atom. The summed E-state index contributed by atoms with van der Waals surface area (Å²) in [7, 11) is 0. The molecule has 0 spiro atoms. The van der Waals surface area contributed by atoms with Crippen LogP contribution in [0.3, 0.4) is 0 Å². The minimum atomic E-state index is -1.06. The summed E-state index contributed by atoms with van der Waals surface area (Å²) in [6.45, 7) is 2.38. The Kier molecular flexibility index (Phi) is 1.32. The molecule has 3 heteroatoms. The van der Waals surface area contributed by atoms with Gasteiger partial charge in [-0.25, -0.2) is 4.39 Å². The quantitative estimate of drug-likeness (QED) is 0.490. The Morgan fingerprint density at radius 2 is 2.33 bits per heavy atom. The van der Waals surface area contributed by atoms with E-state index in [9.17, 15) is 4.39 Å². The molecule has 1 aliphatic rings. The highest BCUT2D eigenvalue weighted by Gasteiger charge is 2.41. The predicted octanol–water partition coefficient (Wildman–Crippen LogP) is 0.901. The number of hydrogen-bond acceptors (Lipinski definition) is 2. The normalized spacial score (nSPS) is 22.6. The van der Waals surface area contributed by atoms with Crippen LogP contribution >= 0.6 is 0 Å². The van der Waals surface area contributed by atoms with E-state index in [1.807, 2.05) is 6.19 Å². The maximum Gasteiger partial charge on any atom is 0.179 e. The lowest BCUT2D eigenvalue weighted by atomic mass is 9.94. The molecule has 0 aromatic carbocycles. The first kappa shape index (κ1) is 6.34. The average molecular weight is 128 g/mol. The van der Waals surface area contributed by atoms with Crippen LogP contribution in [-0.4, -0.2) is 23.7 Å². The summed E-state index contributed by atoms with van der Waals surface area (Å²) in [6, 6.07) is 0. The highest BCUT2D eigenvalue weighted by atomic mass is 19.1. The molecule has 0 amide bonds. The molecule has 0 unspecified atom stereocenters. The van der Waals surface area contributed by atoms with Gasteiger partial charge in [0.25, 0.3) is 0 Å². The number of halogens is 1. The lowest BCUT2D eigenvalue weighted by molar-refractivity contribution is 0.00132. The molecule has 1 fully saturated rings. The molecule has 1 aliphatic heterocycles. The minimum absolute atomic E-state index is 0.292. The van der Waals surface area contributed by atoms with Gasteiger partial charge in [-0.2, -0.15) is 5.26 Å². The molecular weight excluding hydrogens is 119 g/mol. The van der Waals surface area contributed by atoms with Crippen LogP contribution in [0.15, 0.2) is 0 Å². The smallest absolute Gasteiger partial charge is 0.179 e. The van der Waals surface area contributed by atoms with Crippen LogP contribution in [0, 0.1) is 11.5 Å². The molecule has 0 aromatic rings. The topological polar surface area (TPSA) is 27.0 Å². The van der Waals surface area contributed by atoms with E-state index < -0.39 is 5.67 Å². The van der Waals surface area contributed by atoms with Gasteiger partial charge in [-0.05, 0) is 6.42 Å². The zero-order valence-electron chi connectivity index (χ0n) is 5.39. The first-order chi connectivity index (χ1) is 4.20. The third-order valence-electron chi connectivity index (χ3n) is 1.72. The summed E-state index contributed by atoms with van der Waals surface area (Å²) >= 11 is 0. The molecule has 1 saturated heterocycles. The van der Waals surface area contributed by atoms with Gasteiger partial charge in [0.1, 0.15) is 5.67 Å². The number of likely N-dealkylation sites (tertiary alicyclic amines) is 1. The molecule has 0 bridgehead atoms. The maximum atomic E-state index is 12.9. The molecule has 0 aromatic heterocycles. The second kappa shape index (κ2) is 1.87. The molecule has 50 valence electrons. The molecular formula is C6H9FN2. The Labute approximate surface area is 53.9 Å². The predicted molar refractivity (Wildman–Crippen MR) is 31.3 cm³/mol. The van der Waals surface area contributed by atoms with Crippen molar-refractivity contribution in [3.8, 4) is 6.19 Å². The van der Waals surface area contributed by atoms with E-state index in [1.54, 1.807) is 6.92 Å². The van der Waals surface area contributed by atoms with E-state index >= 15 is 0 Å². The highest BCUT2D eigenvalue weighted by Crippen LogP contribution is 2.27. The third kappa shape index (κ3) is 0.973. The van der Waals surface area contributed by atoms with Crippen LogP contribution in [0.1, 0.15) is 13.3 Å². The van der Waals surface area contributed by atoms with Crippen molar-refractivity contribution in [1.29, 1.82) is 5.26 Å². The first-order valence-corrected chi connectivity index (χ1v) is 3.04. The summed E-state index contributed by atoms with van der Waals surface area (Å²) in [5.74, 6) is 0. The van der Waals surface area contributed by atoms with Gasteiger partial charge in [-0.15, -0.1) is 0 Å². The Bertz CT molecular complexity index is 144. The van der Waals surface area contributed by atoms with Gasteiger partial charge in [0.2, 0.25) is 0 Å². The molecule has 2 nitrogen and oxygen atoms in total. The first-order valence-electron chi connectivity index (χ1n) is 3.04. The standard InChI is InChI=1S/C6H9FN2/c1-2-6(7)3-9(4-6)5-8/h2-4H2,1H3. The fourth-order valence-electron chi connectivity index (χ4n) is 0.932. The summed E-state index contributed by atoms with van der Waals surface area (Å²) in [5, 5.41) is 8.22. The van der Waals surface area contributed by atoms with Crippen LogP contribution < -0.4 is 0 Å². The Morgan fingerprint density at radius 1 is 1.78 bits per heavy atom. The minimum Gasteiger partial charge on any atom is -0.304 e. The van der Waals surface area contributed by atoms with Crippen molar-refractivity contribution in [3.63, 3.8) is 0 Å². The molecule has 0 aliphatic carbocycles. The van der Waals surface area contributed by atoms with Crippen LogP contribution in [0.4, 0.5) is 4.39 Å². The molecule has 0 N–H and O–H groups in total. The van der Waals surface area contributed by atoms with Gasteiger partial charge >= 0.3 is 0 Å². The fourth-order valence-corrected chi connectivity index (χ4v) is 0.932. The van der Waals surface area contributed by atoms with Gasteiger partial charge in [0.05, 0.1) is 13.1 Å². The molecule has 0 radical (unpaired) electrons. The summed E-state index contributed by atoms with van der Waals surface area (Å²) < 4.78 is 12.9. The van der Waals surface area contributed by atoms with Gasteiger partial charge < -0.3 is 4.90 Å². The second-order valence-corrected chi connectivity index (χ2v) is 2.46. The monoisotopic (exact) mass is 128 g/mol. The highest BCUT2D eigenvalue weighted by molar-refractivity contribution is 5.00. The van der Waals surface area contributed by atoms with E-state index in [4.69, 9.17) is 5.26 Å². The summed E-state index contributed by atoms with van der Waals surface area (Å²) in [5.41, 5.74) is -1.06. The van der Waals surface area contributed by atoms with Gasteiger partial charge in [0.15, 0.2) is 6.19 Å². The number of rotatable bonds is 1. The van der Waals surface area contributed by atoms with E-state index in [2.05, 4.69) is 0 Å². The van der Waals surface area contributed by atoms with Gasteiger partial charge in [-0.3, -0.25) is 0 Å². The van der Waals surface area contributed by atoms with Gasteiger partial charge in [-0.1, -0.05) is 6.92 Å². The largest absolute Gasteiger partial charge is 0.304 e. The summed E-state index contributed by atoms with van der Waals surface area (Å²) in [4.78, 5) is 1.42. The van der Waals surface area contributed by atoms with E-state index in [0.717, 1.165) is 0 Å². The second-order valence-electron chi connectivity index (χ2n) is 2.46. The number of nitrogens with zero attached hydrogens (tertiary/aromatic N) is 2. The van der Waals surface area contributed by atoms with Crippen LogP contribution in [-0.2, 0) is 0 Å². The lowest BCUT2D eigenvalue weighted by Gasteiger charge is -2.40. The lowest BCUT2D eigenvalue weighted by Crippen LogP contribution is -2.56. The third-order valence-corrected chi connectivity index (χ3v) is 1.72. The van der Waals surface area contributed by atoms with Crippen LogP contribution in [0.2, 0.25) is 0 Å². The van der Waals surface area contributed by atoms with Crippen molar-refractivity contribution < 1.29 is 4.39 Å². The van der Waals surface area contributed by atoms with Crippen molar-refractivity contribution in [2.24, 2.45) is 0 Å². The van der Waals surface area contributed by atoms with E-state index in [-0.39, 0.29) is 0 Å². The maximum absolute atomic E-state index is 12.9. The zero-order chi connectivity index (χ0) is 6.91. The van der Waals surface area contributed by atoms with Crippen molar-refractivity contribution in [2.45, 2.75) is 19.0 Å². The van der Waals surface area contributed by atoms with Gasteiger partial charge in [0, 0.05) is 0 Å². The fraction of sp³-hybridized carbons (Fsp3) is 0.833. The Balaban J connectivity index is 2.34. The SMILES string of the molecule is CCC1(F)CN(C#N)C1. The molecule has 0 atom stereocenters. The molecule has 0 saturated carbocycles. The number of hydrogen-bond donors (Lipinski definition) is 0. The van der Waals surface area contributed by atoms with E-state index in [1.165, 1.54) is 4.90 Å². The van der Waals surface area contributed by atoms with Crippen LogP contribution in [0.5, 0.6) is 0 Å². The van der Waals surface area contributed by atoms with Crippen molar-refractivity contribution in [2.75, 3.05) is 13.1 Å².